The first-order valence-electron chi connectivity index (χ1n) is 4.55. The Morgan fingerprint density at radius 1 is 1.50 bits per heavy atom. The molecule has 0 radical (unpaired) electrons. The van der Waals surface area contributed by atoms with Crippen LogP contribution in [-0.4, -0.2) is 13.7 Å². The Morgan fingerprint density at radius 3 is 2.69 bits per heavy atom. The van der Waals surface area contributed by atoms with Gasteiger partial charge in [0.2, 0.25) is 10.0 Å². The molecule has 0 amide bonds. The standard InChI is InChI=1S/C10H11BrN2O2S/c1-7-4-3-5-9(10(7)11)13-16(14,15)8(2)6-12/h3-5,8,13H,1-2H3. The topological polar surface area (TPSA) is 70.0 Å². The molecule has 0 aliphatic carbocycles. The first-order valence-corrected chi connectivity index (χ1v) is 6.89. The Balaban J connectivity index is 3.08. The number of nitrogens with one attached hydrogen (secondary N) is 1. The number of benzene rings is 1. The summed E-state index contributed by atoms with van der Waals surface area (Å²) < 4.78 is 26.3. The van der Waals surface area contributed by atoms with E-state index < -0.39 is 15.3 Å². The van der Waals surface area contributed by atoms with Gasteiger partial charge in [-0.3, -0.25) is 4.72 Å². The molecule has 0 aliphatic rings. The molecule has 86 valence electrons. The Labute approximate surface area is 103 Å². The molecule has 16 heavy (non-hydrogen) atoms. The highest BCUT2D eigenvalue weighted by Gasteiger charge is 2.20. The fourth-order valence-electron chi connectivity index (χ4n) is 1.04. The van der Waals surface area contributed by atoms with Crippen molar-refractivity contribution in [3.05, 3.63) is 28.2 Å². The van der Waals surface area contributed by atoms with Crippen molar-refractivity contribution in [3.63, 3.8) is 0 Å². The van der Waals surface area contributed by atoms with Gasteiger partial charge in [-0.25, -0.2) is 8.42 Å². The molecular weight excluding hydrogens is 292 g/mol. The fraction of sp³-hybridized carbons (Fsp3) is 0.300. The molecule has 1 N–H and O–H groups in total. The summed E-state index contributed by atoms with van der Waals surface area (Å²) in [4.78, 5) is 0. The number of aryl methyl sites for hydroxylation is 1. The van der Waals surface area contributed by atoms with E-state index in [2.05, 4.69) is 20.7 Å². The second-order valence-electron chi connectivity index (χ2n) is 3.35. The van der Waals surface area contributed by atoms with Gasteiger partial charge >= 0.3 is 0 Å². The van der Waals surface area contributed by atoms with Crippen LogP contribution in [0.1, 0.15) is 12.5 Å². The SMILES string of the molecule is Cc1cccc(NS(=O)(=O)C(C)C#N)c1Br. The summed E-state index contributed by atoms with van der Waals surface area (Å²) in [6.07, 6.45) is 0. The first-order chi connectivity index (χ1) is 7.38. The van der Waals surface area contributed by atoms with Gasteiger partial charge in [-0.1, -0.05) is 12.1 Å². The van der Waals surface area contributed by atoms with E-state index in [0.29, 0.717) is 10.2 Å². The normalized spacial score (nSPS) is 12.9. The monoisotopic (exact) mass is 302 g/mol. The van der Waals surface area contributed by atoms with Gasteiger partial charge in [0.25, 0.3) is 0 Å². The smallest absolute Gasteiger partial charge is 0.248 e. The van der Waals surface area contributed by atoms with E-state index in [-0.39, 0.29) is 0 Å². The summed E-state index contributed by atoms with van der Waals surface area (Å²) in [5.41, 5.74) is 1.37. The lowest BCUT2D eigenvalue weighted by Crippen LogP contribution is -2.24. The molecule has 1 aromatic carbocycles. The maximum Gasteiger partial charge on any atom is 0.248 e. The molecule has 0 heterocycles. The Kier molecular flexibility index (Phi) is 3.94. The minimum absolute atomic E-state index is 0.446. The molecule has 0 saturated heterocycles. The number of halogens is 1. The lowest BCUT2D eigenvalue weighted by molar-refractivity contribution is 0.597. The molecule has 6 heteroatoms. The van der Waals surface area contributed by atoms with E-state index in [1.807, 2.05) is 13.0 Å². The van der Waals surface area contributed by atoms with Crippen LogP contribution in [-0.2, 0) is 10.0 Å². The Bertz CT molecular complexity index is 534. The van der Waals surface area contributed by atoms with Crippen LogP contribution >= 0.6 is 15.9 Å². The van der Waals surface area contributed by atoms with Gasteiger partial charge in [0.15, 0.2) is 5.25 Å². The van der Waals surface area contributed by atoms with Crippen LogP contribution in [0, 0.1) is 18.3 Å². The van der Waals surface area contributed by atoms with E-state index in [4.69, 9.17) is 5.26 Å². The molecule has 1 rings (SSSR count). The minimum Gasteiger partial charge on any atom is -0.281 e. The number of hydrogen-bond acceptors (Lipinski definition) is 3. The van der Waals surface area contributed by atoms with Crippen molar-refractivity contribution in [1.29, 1.82) is 5.26 Å². The summed E-state index contributed by atoms with van der Waals surface area (Å²) in [6, 6.07) is 6.93. The lowest BCUT2D eigenvalue weighted by Gasteiger charge is -2.11. The molecule has 1 unspecified atom stereocenters. The summed E-state index contributed by atoms with van der Waals surface area (Å²) in [5, 5.41) is 7.51. The van der Waals surface area contributed by atoms with Gasteiger partial charge in [0, 0.05) is 4.47 Å². The van der Waals surface area contributed by atoms with Crippen molar-refractivity contribution in [2.75, 3.05) is 4.72 Å². The summed E-state index contributed by atoms with van der Waals surface area (Å²) in [5.74, 6) is 0. The van der Waals surface area contributed by atoms with E-state index in [9.17, 15) is 8.42 Å². The van der Waals surface area contributed by atoms with Gasteiger partial charge in [-0.15, -0.1) is 0 Å². The maximum absolute atomic E-state index is 11.6. The average molecular weight is 303 g/mol. The highest BCUT2D eigenvalue weighted by Crippen LogP contribution is 2.27. The largest absolute Gasteiger partial charge is 0.281 e. The van der Waals surface area contributed by atoms with Crippen LogP contribution < -0.4 is 4.72 Å². The van der Waals surface area contributed by atoms with Crippen molar-refractivity contribution in [2.24, 2.45) is 0 Å². The van der Waals surface area contributed by atoms with Crippen molar-refractivity contribution < 1.29 is 8.42 Å². The lowest BCUT2D eigenvalue weighted by atomic mass is 10.2. The quantitative estimate of drug-likeness (QED) is 0.932. The molecule has 0 aliphatic heterocycles. The van der Waals surface area contributed by atoms with Gasteiger partial charge in [-0.2, -0.15) is 5.26 Å². The van der Waals surface area contributed by atoms with E-state index in [1.165, 1.54) is 6.92 Å². The number of anilines is 1. The van der Waals surface area contributed by atoms with E-state index in [1.54, 1.807) is 18.2 Å². The number of sulfonamides is 1. The molecule has 0 saturated carbocycles. The van der Waals surface area contributed by atoms with Crippen LogP contribution in [0.4, 0.5) is 5.69 Å². The highest BCUT2D eigenvalue weighted by molar-refractivity contribution is 9.10. The second-order valence-corrected chi connectivity index (χ2v) is 6.15. The predicted octanol–water partition coefficient (Wildman–Crippen LogP) is 2.41. The zero-order chi connectivity index (χ0) is 12.3. The van der Waals surface area contributed by atoms with Crippen molar-refractivity contribution in [1.82, 2.24) is 0 Å². The molecule has 4 nitrogen and oxygen atoms in total. The molecule has 1 aromatic rings. The summed E-state index contributed by atoms with van der Waals surface area (Å²) in [6.45, 7) is 3.20. The molecule has 0 bridgehead atoms. The van der Waals surface area contributed by atoms with Crippen LogP contribution in [0.3, 0.4) is 0 Å². The van der Waals surface area contributed by atoms with Crippen LogP contribution in [0.25, 0.3) is 0 Å². The summed E-state index contributed by atoms with van der Waals surface area (Å²) in [7, 11) is -3.64. The maximum atomic E-state index is 11.6. The van der Waals surface area contributed by atoms with Gasteiger partial charge in [0.1, 0.15) is 0 Å². The zero-order valence-electron chi connectivity index (χ0n) is 8.86. The Morgan fingerprint density at radius 2 is 2.12 bits per heavy atom. The van der Waals surface area contributed by atoms with Gasteiger partial charge in [0.05, 0.1) is 11.8 Å². The number of nitriles is 1. The fourth-order valence-corrected chi connectivity index (χ4v) is 2.32. The van der Waals surface area contributed by atoms with E-state index in [0.717, 1.165) is 5.56 Å². The average Bonchev–Trinajstić information content (AvgIpc) is 2.23. The molecule has 1 atom stereocenters. The van der Waals surface area contributed by atoms with Crippen LogP contribution in [0.5, 0.6) is 0 Å². The second kappa shape index (κ2) is 4.85. The summed E-state index contributed by atoms with van der Waals surface area (Å²) >= 11 is 3.29. The number of nitrogens with zero attached hydrogens (tertiary/aromatic N) is 1. The van der Waals surface area contributed by atoms with Gasteiger partial charge < -0.3 is 0 Å². The number of rotatable bonds is 3. The van der Waals surface area contributed by atoms with Crippen molar-refractivity contribution >= 4 is 31.6 Å². The van der Waals surface area contributed by atoms with Crippen molar-refractivity contribution in [2.45, 2.75) is 19.1 Å². The minimum atomic E-state index is -3.64. The third kappa shape index (κ3) is 2.74. The van der Waals surface area contributed by atoms with Crippen LogP contribution in [0.15, 0.2) is 22.7 Å². The molecule has 0 aromatic heterocycles. The first kappa shape index (κ1) is 13.0. The van der Waals surface area contributed by atoms with Gasteiger partial charge in [-0.05, 0) is 41.4 Å². The van der Waals surface area contributed by atoms with Crippen LogP contribution in [0.2, 0.25) is 0 Å². The molecular formula is C10H11BrN2O2S. The third-order valence-corrected chi connectivity index (χ3v) is 4.68. The Hall–Kier alpha value is -1.06. The predicted molar refractivity (Wildman–Crippen MR) is 66.5 cm³/mol. The van der Waals surface area contributed by atoms with E-state index >= 15 is 0 Å². The highest BCUT2D eigenvalue weighted by atomic mass is 79.9. The molecule has 0 fully saturated rings. The zero-order valence-corrected chi connectivity index (χ0v) is 11.3. The third-order valence-electron chi connectivity index (χ3n) is 2.09. The molecule has 0 spiro atoms. The number of hydrogen-bond donors (Lipinski definition) is 1. The van der Waals surface area contributed by atoms with Crippen molar-refractivity contribution in [3.8, 4) is 6.07 Å².